The molecule has 1 aliphatic rings. The van der Waals surface area contributed by atoms with Gasteiger partial charge in [-0.25, -0.2) is 0 Å². The van der Waals surface area contributed by atoms with E-state index < -0.39 is 0 Å². The van der Waals surface area contributed by atoms with Gasteiger partial charge in [0.05, 0.1) is 0 Å². The topological polar surface area (TPSA) is 46.3 Å². The summed E-state index contributed by atoms with van der Waals surface area (Å²) in [6, 6.07) is 0.472. The maximum Gasteiger partial charge on any atom is 0.223 e. The first-order valence-electron chi connectivity index (χ1n) is 6.68. The SMILES string of the molecule is CCC1CCCCCN1C(=O)CC(C)CN. The quantitative estimate of drug-likeness (QED) is 0.798. The second-order valence-corrected chi connectivity index (χ2v) is 5.04. The van der Waals surface area contributed by atoms with Crippen LogP contribution in [0.2, 0.25) is 0 Å². The van der Waals surface area contributed by atoms with Crippen LogP contribution in [0.1, 0.15) is 52.4 Å². The Kier molecular flexibility index (Phi) is 5.81. The van der Waals surface area contributed by atoms with Crippen molar-refractivity contribution >= 4 is 5.91 Å². The predicted octanol–water partition coefficient (Wildman–Crippen LogP) is 2.15. The number of amides is 1. The summed E-state index contributed by atoms with van der Waals surface area (Å²) >= 11 is 0. The van der Waals surface area contributed by atoms with E-state index in [4.69, 9.17) is 5.73 Å². The summed E-state index contributed by atoms with van der Waals surface area (Å²) in [5, 5.41) is 0. The standard InChI is InChI=1S/C13H26N2O/c1-3-12-7-5-4-6-8-15(12)13(16)9-11(2)10-14/h11-12H,3-10,14H2,1-2H3. The third-order valence-corrected chi connectivity index (χ3v) is 3.59. The van der Waals surface area contributed by atoms with Gasteiger partial charge in [0.25, 0.3) is 0 Å². The van der Waals surface area contributed by atoms with E-state index in [0.717, 1.165) is 13.0 Å². The molecule has 3 nitrogen and oxygen atoms in total. The lowest BCUT2D eigenvalue weighted by Gasteiger charge is -2.30. The second-order valence-electron chi connectivity index (χ2n) is 5.04. The first-order chi connectivity index (χ1) is 7.69. The zero-order valence-corrected chi connectivity index (χ0v) is 10.7. The van der Waals surface area contributed by atoms with Crippen molar-refractivity contribution in [1.29, 1.82) is 0 Å². The largest absolute Gasteiger partial charge is 0.340 e. The Morgan fingerprint density at radius 2 is 2.19 bits per heavy atom. The van der Waals surface area contributed by atoms with Gasteiger partial charge in [-0.2, -0.15) is 0 Å². The zero-order chi connectivity index (χ0) is 12.0. The van der Waals surface area contributed by atoms with Crippen LogP contribution in [0.4, 0.5) is 0 Å². The molecular formula is C13H26N2O. The number of likely N-dealkylation sites (tertiary alicyclic amines) is 1. The van der Waals surface area contributed by atoms with Gasteiger partial charge in [-0.3, -0.25) is 4.79 Å². The Morgan fingerprint density at radius 1 is 1.44 bits per heavy atom. The van der Waals surface area contributed by atoms with E-state index in [2.05, 4.69) is 18.7 Å². The van der Waals surface area contributed by atoms with Crippen molar-refractivity contribution in [2.75, 3.05) is 13.1 Å². The number of carbonyl (C=O) groups is 1. The van der Waals surface area contributed by atoms with Crippen molar-refractivity contribution < 1.29 is 4.79 Å². The molecule has 1 heterocycles. The van der Waals surface area contributed by atoms with Crippen molar-refractivity contribution in [3.05, 3.63) is 0 Å². The zero-order valence-electron chi connectivity index (χ0n) is 10.7. The summed E-state index contributed by atoms with van der Waals surface area (Å²) in [6.07, 6.45) is 6.59. The van der Waals surface area contributed by atoms with E-state index in [1.54, 1.807) is 0 Å². The van der Waals surface area contributed by atoms with Crippen LogP contribution in [0.15, 0.2) is 0 Å². The van der Waals surface area contributed by atoms with Crippen molar-refractivity contribution in [2.45, 2.75) is 58.4 Å². The maximum atomic E-state index is 12.2. The summed E-state index contributed by atoms with van der Waals surface area (Å²) < 4.78 is 0. The Balaban J connectivity index is 2.55. The lowest BCUT2D eigenvalue weighted by molar-refractivity contribution is -0.134. The third-order valence-electron chi connectivity index (χ3n) is 3.59. The minimum atomic E-state index is 0.312. The van der Waals surface area contributed by atoms with E-state index in [-0.39, 0.29) is 0 Å². The summed E-state index contributed by atoms with van der Waals surface area (Å²) in [5.41, 5.74) is 5.58. The van der Waals surface area contributed by atoms with E-state index in [1.807, 2.05) is 0 Å². The average molecular weight is 226 g/mol. The highest BCUT2D eigenvalue weighted by Gasteiger charge is 2.24. The number of nitrogens with two attached hydrogens (primary N) is 1. The number of rotatable bonds is 4. The van der Waals surface area contributed by atoms with Crippen molar-refractivity contribution in [1.82, 2.24) is 4.90 Å². The smallest absolute Gasteiger partial charge is 0.223 e. The second kappa shape index (κ2) is 6.89. The molecule has 0 radical (unpaired) electrons. The normalized spacial score (nSPS) is 23.9. The summed E-state index contributed by atoms with van der Waals surface area (Å²) in [4.78, 5) is 14.3. The molecule has 2 unspecified atom stereocenters. The van der Waals surface area contributed by atoms with Gasteiger partial charge in [-0.1, -0.05) is 26.7 Å². The molecule has 0 aromatic rings. The molecule has 16 heavy (non-hydrogen) atoms. The van der Waals surface area contributed by atoms with Crippen molar-refractivity contribution in [3.8, 4) is 0 Å². The van der Waals surface area contributed by atoms with E-state index in [1.165, 1.54) is 25.7 Å². The summed E-state index contributed by atoms with van der Waals surface area (Å²) in [6.45, 7) is 5.80. The van der Waals surface area contributed by atoms with Crippen LogP contribution < -0.4 is 5.73 Å². The van der Waals surface area contributed by atoms with Gasteiger partial charge in [0, 0.05) is 19.0 Å². The van der Waals surface area contributed by atoms with Crippen molar-refractivity contribution in [3.63, 3.8) is 0 Å². The molecule has 1 fully saturated rings. The Morgan fingerprint density at radius 3 is 2.81 bits per heavy atom. The van der Waals surface area contributed by atoms with Gasteiger partial charge in [0.2, 0.25) is 5.91 Å². The molecule has 1 amide bonds. The van der Waals surface area contributed by atoms with Gasteiger partial charge in [-0.05, 0) is 31.7 Å². The van der Waals surface area contributed by atoms with Crippen LogP contribution in [0.25, 0.3) is 0 Å². The molecule has 0 aliphatic carbocycles. The molecule has 0 aromatic heterocycles. The number of hydrogen-bond donors (Lipinski definition) is 1. The van der Waals surface area contributed by atoms with Gasteiger partial charge in [0.1, 0.15) is 0 Å². The molecule has 94 valence electrons. The highest BCUT2D eigenvalue weighted by molar-refractivity contribution is 5.76. The predicted molar refractivity (Wildman–Crippen MR) is 67.1 cm³/mol. The fraction of sp³-hybridized carbons (Fsp3) is 0.923. The van der Waals surface area contributed by atoms with Crippen molar-refractivity contribution in [2.24, 2.45) is 11.7 Å². The van der Waals surface area contributed by atoms with E-state index in [0.29, 0.717) is 30.8 Å². The van der Waals surface area contributed by atoms with Crippen LogP contribution >= 0.6 is 0 Å². The molecule has 0 saturated carbocycles. The lowest BCUT2D eigenvalue weighted by Crippen LogP contribution is -2.40. The van der Waals surface area contributed by atoms with Crippen LogP contribution in [0.5, 0.6) is 0 Å². The number of nitrogens with zero attached hydrogens (tertiary/aromatic N) is 1. The molecule has 3 heteroatoms. The molecule has 1 rings (SSSR count). The first-order valence-corrected chi connectivity index (χ1v) is 6.68. The molecule has 0 aromatic carbocycles. The fourth-order valence-corrected chi connectivity index (χ4v) is 2.43. The monoisotopic (exact) mass is 226 g/mol. The Bertz CT molecular complexity index is 218. The molecular weight excluding hydrogens is 200 g/mol. The first kappa shape index (κ1) is 13.5. The van der Waals surface area contributed by atoms with Crippen LogP contribution in [-0.4, -0.2) is 29.9 Å². The van der Waals surface area contributed by atoms with Crippen LogP contribution in [-0.2, 0) is 4.79 Å². The van der Waals surface area contributed by atoms with Crippen LogP contribution in [0, 0.1) is 5.92 Å². The van der Waals surface area contributed by atoms with Gasteiger partial charge in [-0.15, -0.1) is 0 Å². The minimum Gasteiger partial charge on any atom is -0.340 e. The van der Waals surface area contributed by atoms with Crippen LogP contribution in [0.3, 0.4) is 0 Å². The molecule has 2 atom stereocenters. The minimum absolute atomic E-state index is 0.312. The van der Waals surface area contributed by atoms with Gasteiger partial charge < -0.3 is 10.6 Å². The number of carbonyl (C=O) groups excluding carboxylic acids is 1. The molecule has 2 N–H and O–H groups in total. The van der Waals surface area contributed by atoms with E-state index in [9.17, 15) is 4.79 Å². The van der Waals surface area contributed by atoms with E-state index >= 15 is 0 Å². The summed E-state index contributed by atoms with van der Waals surface area (Å²) in [7, 11) is 0. The van der Waals surface area contributed by atoms with Gasteiger partial charge in [0.15, 0.2) is 0 Å². The Hall–Kier alpha value is -0.570. The molecule has 1 aliphatic heterocycles. The fourth-order valence-electron chi connectivity index (χ4n) is 2.43. The Labute approximate surface area is 99.4 Å². The molecule has 0 bridgehead atoms. The highest BCUT2D eigenvalue weighted by Crippen LogP contribution is 2.20. The molecule has 0 spiro atoms. The summed E-state index contributed by atoms with van der Waals surface area (Å²) in [5.74, 6) is 0.625. The van der Waals surface area contributed by atoms with Gasteiger partial charge >= 0.3 is 0 Å². The molecule has 1 saturated heterocycles. The third kappa shape index (κ3) is 3.78. The lowest BCUT2D eigenvalue weighted by atomic mass is 10.0. The number of hydrogen-bond acceptors (Lipinski definition) is 2. The maximum absolute atomic E-state index is 12.2. The highest BCUT2D eigenvalue weighted by atomic mass is 16.2. The average Bonchev–Trinajstić information content (AvgIpc) is 2.53.